The summed E-state index contributed by atoms with van der Waals surface area (Å²) in [5.41, 5.74) is 1.46. The lowest BCUT2D eigenvalue weighted by Crippen LogP contribution is -2.41. The average molecular weight is 436 g/mol. The van der Waals surface area contributed by atoms with Gasteiger partial charge in [-0.25, -0.2) is 4.79 Å². The Morgan fingerprint density at radius 3 is 2.43 bits per heavy atom. The predicted molar refractivity (Wildman–Crippen MR) is 112 cm³/mol. The van der Waals surface area contributed by atoms with Crippen LogP contribution in [0.5, 0.6) is 0 Å². The van der Waals surface area contributed by atoms with Crippen LogP contribution in [-0.4, -0.2) is 41.8 Å². The van der Waals surface area contributed by atoms with E-state index in [1.165, 1.54) is 17.8 Å². The molecule has 2 fully saturated rings. The van der Waals surface area contributed by atoms with Crippen LogP contribution in [0.2, 0.25) is 0 Å². The number of rotatable bonds is 5. The highest BCUT2D eigenvalue weighted by atomic mass is 32.1. The van der Waals surface area contributed by atoms with Gasteiger partial charge in [0.25, 0.3) is 0 Å². The van der Waals surface area contributed by atoms with E-state index in [1.54, 1.807) is 6.92 Å². The molecular weight excluding hydrogens is 406 g/mol. The number of hydrogen-bond donors (Lipinski definition) is 2. The van der Waals surface area contributed by atoms with Gasteiger partial charge in [-0.15, -0.1) is 11.3 Å². The molecule has 1 aromatic heterocycles. The second kappa shape index (κ2) is 9.06. The van der Waals surface area contributed by atoms with Crippen molar-refractivity contribution in [2.75, 3.05) is 11.9 Å². The Bertz CT molecular complexity index is 834. The Balaban J connectivity index is 1.63. The average Bonchev–Trinajstić information content (AvgIpc) is 3.40. The molecule has 164 valence electrons. The molecule has 3 heterocycles. The van der Waals surface area contributed by atoms with Gasteiger partial charge in [-0.05, 0) is 51.0 Å². The van der Waals surface area contributed by atoms with E-state index in [-0.39, 0.29) is 18.6 Å². The molecule has 3 aliphatic rings. The van der Waals surface area contributed by atoms with Crippen LogP contribution in [0.4, 0.5) is 5.00 Å². The normalized spacial score (nSPS) is 28.2. The van der Waals surface area contributed by atoms with Crippen molar-refractivity contribution < 1.29 is 29.0 Å². The van der Waals surface area contributed by atoms with E-state index in [9.17, 15) is 19.5 Å². The number of carboxylic acids is 1. The quantitative estimate of drug-likeness (QED) is 0.683. The van der Waals surface area contributed by atoms with Gasteiger partial charge in [0.1, 0.15) is 5.00 Å². The highest BCUT2D eigenvalue weighted by molar-refractivity contribution is 7.17. The van der Waals surface area contributed by atoms with Crippen molar-refractivity contribution in [3.8, 4) is 0 Å². The third-order valence-electron chi connectivity index (χ3n) is 6.50. The summed E-state index contributed by atoms with van der Waals surface area (Å²) >= 11 is 1.44. The molecule has 0 unspecified atom stereocenters. The van der Waals surface area contributed by atoms with Crippen molar-refractivity contribution in [1.29, 1.82) is 0 Å². The van der Waals surface area contributed by atoms with E-state index < -0.39 is 29.9 Å². The van der Waals surface area contributed by atoms with Crippen LogP contribution in [0.1, 0.15) is 72.7 Å². The second-order valence-electron chi connectivity index (χ2n) is 8.37. The maximum Gasteiger partial charge on any atom is 0.341 e. The lowest BCUT2D eigenvalue weighted by Gasteiger charge is -2.23. The number of carbonyl (C=O) groups is 3. The number of aryl methyl sites for hydroxylation is 1. The molecular formula is C22H29NO6S. The summed E-state index contributed by atoms with van der Waals surface area (Å²) in [5, 5.41) is 13.0. The zero-order chi connectivity index (χ0) is 21.3. The predicted octanol–water partition coefficient (Wildman–Crippen LogP) is 3.79. The molecule has 8 heteroatoms. The van der Waals surface area contributed by atoms with Gasteiger partial charge < -0.3 is 19.9 Å². The summed E-state index contributed by atoms with van der Waals surface area (Å²) < 4.78 is 11.0. The van der Waals surface area contributed by atoms with Crippen LogP contribution in [0.15, 0.2) is 0 Å². The largest absolute Gasteiger partial charge is 0.481 e. The fraction of sp³-hybridized carbons (Fsp3) is 0.682. The van der Waals surface area contributed by atoms with Crippen LogP contribution < -0.4 is 5.32 Å². The third kappa shape index (κ3) is 3.99. The molecule has 2 aliphatic heterocycles. The molecule has 1 aliphatic carbocycles. The smallest absolute Gasteiger partial charge is 0.341 e. The Kier molecular flexibility index (Phi) is 6.43. The number of nitrogens with one attached hydrogen (secondary N) is 1. The van der Waals surface area contributed by atoms with E-state index >= 15 is 0 Å². The van der Waals surface area contributed by atoms with Crippen molar-refractivity contribution in [3.05, 3.63) is 16.0 Å². The molecule has 4 rings (SSSR count). The molecule has 0 spiro atoms. The van der Waals surface area contributed by atoms with E-state index in [2.05, 4.69) is 5.32 Å². The van der Waals surface area contributed by atoms with E-state index in [1.807, 2.05) is 0 Å². The van der Waals surface area contributed by atoms with Crippen LogP contribution in [0.3, 0.4) is 0 Å². The van der Waals surface area contributed by atoms with Gasteiger partial charge in [0.05, 0.1) is 36.2 Å². The SMILES string of the molecule is CCOC(=O)c1c(NC(=O)[C@@H]2[C@H](C(=O)O)[C@H]3CC[C@H]2O3)sc2c1CCCCCCC2. The van der Waals surface area contributed by atoms with Gasteiger partial charge in [-0.2, -0.15) is 0 Å². The van der Waals surface area contributed by atoms with Gasteiger partial charge in [0.15, 0.2) is 0 Å². The van der Waals surface area contributed by atoms with Gasteiger partial charge in [-0.3, -0.25) is 9.59 Å². The van der Waals surface area contributed by atoms with E-state index in [4.69, 9.17) is 9.47 Å². The van der Waals surface area contributed by atoms with Crippen molar-refractivity contribution in [1.82, 2.24) is 0 Å². The fourth-order valence-electron chi connectivity index (χ4n) is 5.12. The van der Waals surface area contributed by atoms with Crippen LogP contribution in [-0.2, 0) is 31.9 Å². The molecule has 4 atom stereocenters. The van der Waals surface area contributed by atoms with Crippen molar-refractivity contribution in [2.45, 2.75) is 76.9 Å². The molecule has 0 radical (unpaired) electrons. The van der Waals surface area contributed by atoms with E-state index in [0.29, 0.717) is 23.4 Å². The van der Waals surface area contributed by atoms with Crippen molar-refractivity contribution in [3.63, 3.8) is 0 Å². The molecule has 0 saturated carbocycles. The van der Waals surface area contributed by atoms with E-state index in [0.717, 1.165) is 49.0 Å². The maximum atomic E-state index is 13.2. The summed E-state index contributed by atoms with van der Waals surface area (Å²) in [6.07, 6.45) is 7.83. The number of aliphatic carboxylic acids is 1. The Labute approximate surface area is 180 Å². The number of carbonyl (C=O) groups excluding carboxylic acids is 2. The number of esters is 1. The molecule has 2 bridgehead atoms. The van der Waals surface area contributed by atoms with Crippen molar-refractivity contribution in [2.24, 2.45) is 11.8 Å². The Morgan fingerprint density at radius 2 is 1.73 bits per heavy atom. The Morgan fingerprint density at radius 1 is 1.07 bits per heavy atom. The molecule has 30 heavy (non-hydrogen) atoms. The van der Waals surface area contributed by atoms with Crippen molar-refractivity contribution >= 4 is 34.2 Å². The number of amides is 1. The number of hydrogen-bond acceptors (Lipinski definition) is 6. The number of fused-ring (bicyclic) bond motifs is 3. The first-order chi connectivity index (χ1) is 14.5. The minimum atomic E-state index is -0.998. The standard InChI is InChI=1S/C22H29NO6S/c1-2-28-22(27)16-12-8-6-4-3-5-7-9-15(12)30-20(16)23-19(24)17-13-10-11-14(29-13)18(17)21(25)26/h13-14,17-18H,2-11H2,1H3,(H,23,24)(H,25,26)/t13-,14-,17+,18-/m1/s1. The number of thiophene rings is 1. The number of anilines is 1. The second-order valence-corrected chi connectivity index (χ2v) is 9.47. The minimum absolute atomic E-state index is 0.262. The number of ether oxygens (including phenoxy) is 2. The first kappa shape index (κ1) is 21.3. The molecule has 1 aromatic rings. The van der Waals surface area contributed by atoms with Gasteiger partial charge in [-0.1, -0.05) is 19.3 Å². The third-order valence-corrected chi connectivity index (χ3v) is 7.71. The highest BCUT2D eigenvalue weighted by Gasteiger charge is 2.55. The first-order valence-corrected chi connectivity index (χ1v) is 11.8. The molecule has 1 amide bonds. The van der Waals surface area contributed by atoms with Gasteiger partial charge >= 0.3 is 11.9 Å². The molecule has 2 N–H and O–H groups in total. The zero-order valence-electron chi connectivity index (χ0n) is 17.3. The lowest BCUT2D eigenvalue weighted by atomic mass is 9.78. The van der Waals surface area contributed by atoms with Crippen LogP contribution in [0, 0.1) is 11.8 Å². The van der Waals surface area contributed by atoms with Crippen LogP contribution >= 0.6 is 11.3 Å². The zero-order valence-corrected chi connectivity index (χ0v) is 18.1. The summed E-state index contributed by atoms with van der Waals surface area (Å²) in [7, 11) is 0. The summed E-state index contributed by atoms with van der Waals surface area (Å²) in [6.45, 7) is 2.03. The molecule has 7 nitrogen and oxygen atoms in total. The monoisotopic (exact) mass is 435 g/mol. The topological polar surface area (TPSA) is 102 Å². The molecule has 2 saturated heterocycles. The first-order valence-electron chi connectivity index (χ1n) is 11.0. The van der Waals surface area contributed by atoms with Gasteiger partial charge in [0.2, 0.25) is 5.91 Å². The summed E-state index contributed by atoms with van der Waals surface area (Å²) in [5.74, 6) is -3.35. The summed E-state index contributed by atoms with van der Waals surface area (Å²) in [6, 6.07) is 0. The minimum Gasteiger partial charge on any atom is -0.481 e. The lowest BCUT2D eigenvalue weighted by molar-refractivity contribution is -0.147. The summed E-state index contributed by atoms with van der Waals surface area (Å²) in [4.78, 5) is 38.8. The fourth-order valence-corrected chi connectivity index (χ4v) is 6.40. The van der Waals surface area contributed by atoms with Gasteiger partial charge in [0, 0.05) is 4.88 Å². The van der Waals surface area contributed by atoms with Crippen LogP contribution in [0.25, 0.3) is 0 Å². The molecule has 0 aromatic carbocycles. The highest BCUT2D eigenvalue weighted by Crippen LogP contribution is 2.45. The number of carboxylic acid groups (broad SMARTS) is 1. The maximum absolute atomic E-state index is 13.2. The Hall–Kier alpha value is -1.93.